The number of fused-ring (bicyclic) bond motifs is 1. The van der Waals surface area contributed by atoms with Gasteiger partial charge in [0.05, 0.1) is 17.1 Å². The molecule has 8 heteroatoms. The molecule has 0 aliphatic carbocycles. The van der Waals surface area contributed by atoms with Crippen molar-refractivity contribution in [2.75, 3.05) is 31.1 Å². The van der Waals surface area contributed by atoms with Crippen molar-refractivity contribution in [3.8, 4) is 5.75 Å². The first-order valence-electron chi connectivity index (χ1n) is 10.5. The molecule has 0 bridgehead atoms. The van der Waals surface area contributed by atoms with Crippen LogP contribution in [0.1, 0.15) is 20.9 Å². The van der Waals surface area contributed by atoms with Crippen LogP contribution in [0.4, 0.5) is 10.1 Å². The van der Waals surface area contributed by atoms with Crippen LogP contribution in [-0.4, -0.2) is 51.9 Å². The van der Waals surface area contributed by atoms with E-state index >= 15 is 0 Å². The van der Waals surface area contributed by atoms with Crippen LogP contribution in [-0.2, 0) is 6.54 Å². The number of piperazine rings is 1. The van der Waals surface area contributed by atoms with Crippen molar-refractivity contribution in [3.05, 3.63) is 76.5 Å². The van der Waals surface area contributed by atoms with E-state index in [9.17, 15) is 14.3 Å². The van der Waals surface area contributed by atoms with Crippen molar-refractivity contribution in [2.45, 2.75) is 13.5 Å². The SMILES string of the molecule is Cc1nn(Cc2ccc(F)cc2)c2sc(C(=O)N3CCN(c4ccc(O)cc4)CC3)cc12. The fourth-order valence-corrected chi connectivity index (χ4v) is 5.20. The molecule has 5 rings (SSSR count). The third kappa shape index (κ3) is 3.93. The molecule has 1 N–H and O–H groups in total. The maximum atomic E-state index is 13.2. The maximum Gasteiger partial charge on any atom is 0.264 e. The molecule has 1 aliphatic heterocycles. The molecule has 1 saturated heterocycles. The first kappa shape index (κ1) is 20.5. The van der Waals surface area contributed by atoms with Gasteiger partial charge in [0.25, 0.3) is 5.91 Å². The van der Waals surface area contributed by atoms with Crippen LogP contribution in [0.3, 0.4) is 0 Å². The van der Waals surface area contributed by atoms with E-state index in [4.69, 9.17) is 0 Å². The second-order valence-corrected chi connectivity index (χ2v) is 9.03. The molecule has 0 spiro atoms. The van der Waals surface area contributed by atoms with E-state index in [2.05, 4.69) is 10.00 Å². The van der Waals surface area contributed by atoms with Crippen LogP contribution in [0.5, 0.6) is 5.75 Å². The highest BCUT2D eigenvalue weighted by molar-refractivity contribution is 7.20. The number of phenols is 1. The number of phenolic OH excluding ortho intramolecular Hbond substituents is 1. The summed E-state index contributed by atoms with van der Waals surface area (Å²) in [6, 6.07) is 15.5. The summed E-state index contributed by atoms with van der Waals surface area (Å²) in [4.78, 5) is 19.0. The molecule has 3 heterocycles. The number of anilines is 1. The Morgan fingerprint density at radius 2 is 1.75 bits per heavy atom. The molecule has 0 atom stereocenters. The zero-order chi connectivity index (χ0) is 22.2. The molecule has 1 aliphatic rings. The van der Waals surface area contributed by atoms with Crippen molar-refractivity contribution < 1.29 is 14.3 Å². The van der Waals surface area contributed by atoms with Gasteiger partial charge in [-0.2, -0.15) is 5.10 Å². The highest BCUT2D eigenvalue weighted by atomic mass is 32.1. The second-order valence-electron chi connectivity index (χ2n) is 7.99. The summed E-state index contributed by atoms with van der Waals surface area (Å²) in [6.45, 7) is 5.27. The Kier molecular flexibility index (Phi) is 5.30. The Morgan fingerprint density at radius 3 is 2.44 bits per heavy atom. The van der Waals surface area contributed by atoms with E-state index in [0.717, 1.165) is 40.3 Å². The number of halogens is 1. The van der Waals surface area contributed by atoms with Crippen molar-refractivity contribution in [3.63, 3.8) is 0 Å². The van der Waals surface area contributed by atoms with Gasteiger partial charge in [0.2, 0.25) is 0 Å². The van der Waals surface area contributed by atoms with Gasteiger partial charge in [-0.1, -0.05) is 12.1 Å². The van der Waals surface area contributed by atoms with Gasteiger partial charge in [0.1, 0.15) is 16.4 Å². The number of aromatic nitrogens is 2. The fraction of sp³-hybridized carbons (Fsp3) is 0.250. The predicted molar refractivity (Wildman–Crippen MR) is 124 cm³/mol. The Hall–Kier alpha value is -3.39. The van der Waals surface area contributed by atoms with Gasteiger partial charge in [-0.3, -0.25) is 9.48 Å². The largest absolute Gasteiger partial charge is 0.508 e. The minimum Gasteiger partial charge on any atom is -0.508 e. The van der Waals surface area contributed by atoms with Gasteiger partial charge in [-0.15, -0.1) is 11.3 Å². The molecule has 0 saturated carbocycles. The molecular formula is C24H23FN4O2S. The number of benzene rings is 2. The third-order valence-corrected chi connectivity index (χ3v) is 6.98. The maximum absolute atomic E-state index is 13.2. The number of aryl methyl sites for hydroxylation is 1. The smallest absolute Gasteiger partial charge is 0.264 e. The number of carbonyl (C=O) groups is 1. The van der Waals surface area contributed by atoms with Crippen molar-refractivity contribution in [1.29, 1.82) is 0 Å². The lowest BCUT2D eigenvalue weighted by Crippen LogP contribution is -2.48. The molecule has 32 heavy (non-hydrogen) atoms. The molecule has 0 unspecified atom stereocenters. The van der Waals surface area contributed by atoms with Crippen LogP contribution in [0, 0.1) is 12.7 Å². The zero-order valence-electron chi connectivity index (χ0n) is 17.7. The molecule has 0 radical (unpaired) electrons. The van der Waals surface area contributed by atoms with Crippen molar-refractivity contribution in [2.24, 2.45) is 0 Å². The average molecular weight is 451 g/mol. The van der Waals surface area contributed by atoms with Crippen LogP contribution >= 0.6 is 11.3 Å². The summed E-state index contributed by atoms with van der Waals surface area (Å²) in [5, 5.41) is 15.1. The van der Waals surface area contributed by atoms with E-state index in [1.54, 1.807) is 24.3 Å². The quantitative estimate of drug-likeness (QED) is 0.505. The standard InChI is InChI=1S/C24H23FN4O2S/c1-16-21-14-22(32-24(21)29(26-16)15-17-2-4-18(25)5-3-17)23(31)28-12-10-27(11-13-28)19-6-8-20(30)9-7-19/h2-9,14,30H,10-13,15H2,1H3. The van der Waals surface area contributed by atoms with Gasteiger partial charge in [-0.05, 0) is 55.0 Å². The molecule has 2 aromatic carbocycles. The number of amides is 1. The number of hydrogen-bond acceptors (Lipinski definition) is 5. The van der Waals surface area contributed by atoms with Gasteiger partial charge in [-0.25, -0.2) is 4.39 Å². The van der Waals surface area contributed by atoms with Gasteiger partial charge >= 0.3 is 0 Å². The summed E-state index contributed by atoms with van der Waals surface area (Å²) in [5.41, 5.74) is 2.89. The van der Waals surface area contributed by atoms with Gasteiger partial charge in [0.15, 0.2) is 0 Å². The number of carbonyl (C=O) groups excluding carboxylic acids is 1. The van der Waals surface area contributed by atoms with E-state index in [1.165, 1.54) is 23.5 Å². The molecule has 1 fully saturated rings. The highest BCUT2D eigenvalue weighted by Crippen LogP contribution is 2.30. The van der Waals surface area contributed by atoms with Crippen LogP contribution in [0.2, 0.25) is 0 Å². The fourth-order valence-electron chi connectivity index (χ4n) is 4.08. The first-order valence-corrected chi connectivity index (χ1v) is 11.3. The lowest BCUT2D eigenvalue weighted by molar-refractivity contribution is 0.0751. The molecule has 6 nitrogen and oxygen atoms in total. The van der Waals surface area contributed by atoms with E-state index in [-0.39, 0.29) is 17.5 Å². The Bertz CT molecular complexity index is 1260. The zero-order valence-corrected chi connectivity index (χ0v) is 18.5. The summed E-state index contributed by atoms with van der Waals surface area (Å²) in [5.74, 6) is 0.0370. The Morgan fingerprint density at radius 1 is 1.06 bits per heavy atom. The summed E-state index contributed by atoms with van der Waals surface area (Å²) in [7, 11) is 0. The van der Waals surface area contributed by atoms with Crippen LogP contribution in [0.15, 0.2) is 54.6 Å². The number of aromatic hydroxyl groups is 1. The monoisotopic (exact) mass is 450 g/mol. The Labute approximate surface area is 189 Å². The molecule has 1 amide bonds. The lowest BCUT2D eigenvalue weighted by atomic mass is 10.2. The van der Waals surface area contributed by atoms with E-state index < -0.39 is 0 Å². The molecular weight excluding hydrogens is 427 g/mol. The Balaban J connectivity index is 1.31. The minimum atomic E-state index is -0.259. The number of nitrogens with zero attached hydrogens (tertiary/aromatic N) is 4. The minimum absolute atomic E-state index is 0.0456. The highest BCUT2D eigenvalue weighted by Gasteiger charge is 2.25. The number of hydrogen-bond donors (Lipinski definition) is 1. The lowest BCUT2D eigenvalue weighted by Gasteiger charge is -2.36. The van der Waals surface area contributed by atoms with Gasteiger partial charge in [0, 0.05) is 37.3 Å². The van der Waals surface area contributed by atoms with Gasteiger partial charge < -0.3 is 14.9 Å². The average Bonchev–Trinajstić information content (AvgIpc) is 3.37. The summed E-state index contributed by atoms with van der Waals surface area (Å²) in [6.07, 6.45) is 0. The van der Waals surface area contributed by atoms with Crippen LogP contribution < -0.4 is 4.90 Å². The molecule has 4 aromatic rings. The third-order valence-electron chi connectivity index (χ3n) is 5.85. The van der Waals surface area contributed by atoms with Crippen molar-refractivity contribution >= 4 is 33.1 Å². The molecule has 164 valence electrons. The molecule has 2 aromatic heterocycles. The topological polar surface area (TPSA) is 61.6 Å². The second kappa shape index (κ2) is 8.27. The van der Waals surface area contributed by atoms with Crippen LogP contribution in [0.25, 0.3) is 10.2 Å². The number of thiophene rings is 1. The van der Waals surface area contributed by atoms with E-state index in [1.807, 2.05) is 34.7 Å². The van der Waals surface area contributed by atoms with E-state index in [0.29, 0.717) is 24.5 Å². The number of rotatable bonds is 4. The van der Waals surface area contributed by atoms with Crippen molar-refractivity contribution in [1.82, 2.24) is 14.7 Å². The predicted octanol–water partition coefficient (Wildman–Crippen LogP) is 4.26. The normalized spacial score (nSPS) is 14.3. The first-order chi connectivity index (χ1) is 15.5. The summed E-state index contributed by atoms with van der Waals surface area (Å²) >= 11 is 1.46. The summed E-state index contributed by atoms with van der Waals surface area (Å²) < 4.78 is 15.1.